The molecule has 0 radical (unpaired) electrons. The number of aromatic nitrogens is 4. The van der Waals surface area contributed by atoms with Crippen LogP contribution in [0.2, 0.25) is 0 Å². The maximum atomic E-state index is 4.41. The normalized spacial score (nSPS) is 17.8. The topological polar surface area (TPSA) is 49.6 Å². The van der Waals surface area contributed by atoms with Crippen LogP contribution in [0, 0.1) is 6.92 Å². The fourth-order valence-corrected chi connectivity index (χ4v) is 3.14. The average molecular weight is 288 g/mol. The van der Waals surface area contributed by atoms with Gasteiger partial charge in [-0.3, -0.25) is 0 Å². The molecule has 1 fully saturated rings. The molecule has 21 heavy (non-hydrogen) atoms. The highest BCUT2D eigenvalue weighted by Gasteiger charge is 2.25. The van der Waals surface area contributed by atoms with E-state index < -0.39 is 0 Å². The van der Waals surface area contributed by atoms with Crippen molar-refractivity contribution in [2.45, 2.75) is 45.7 Å². The molecule has 0 unspecified atom stereocenters. The molecule has 0 bridgehead atoms. The molecule has 0 atom stereocenters. The van der Waals surface area contributed by atoms with Crippen molar-refractivity contribution in [3.05, 3.63) is 18.1 Å². The smallest absolute Gasteiger partial charge is 0.254 e. The Labute approximate surface area is 125 Å². The van der Waals surface area contributed by atoms with Gasteiger partial charge in [-0.25, -0.2) is 4.98 Å². The first kappa shape index (κ1) is 14.3. The van der Waals surface area contributed by atoms with Gasteiger partial charge in [0.2, 0.25) is 0 Å². The van der Waals surface area contributed by atoms with Crippen molar-refractivity contribution < 1.29 is 0 Å². The molecule has 0 amide bonds. The summed E-state index contributed by atoms with van der Waals surface area (Å²) in [5, 5.41) is 4.31. The van der Waals surface area contributed by atoms with Crippen LogP contribution in [0.5, 0.6) is 0 Å². The van der Waals surface area contributed by atoms with E-state index in [0.717, 1.165) is 24.6 Å². The van der Waals surface area contributed by atoms with Crippen molar-refractivity contribution in [3.8, 4) is 0 Å². The second-order valence-corrected chi connectivity index (χ2v) is 6.20. The molecule has 1 aliphatic rings. The summed E-state index contributed by atoms with van der Waals surface area (Å²) < 4.78 is 1.84. The van der Waals surface area contributed by atoms with Gasteiger partial charge in [0, 0.05) is 44.0 Å². The van der Waals surface area contributed by atoms with E-state index in [9.17, 15) is 0 Å². The number of nitrogens with zero attached hydrogens (tertiary/aromatic N) is 6. The van der Waals surface area contributed by atoms with E-state index in [1.807, 2.05) is 11.4 Å². The first-order valence-corrected chi connectivity index (χ1v) is 7.70. The highest BCUT2D eigenvalue weighted by Crippen LogP contribution is 2.23. The van der Waals surface area contributed by atoms with Crippen LogP contribution in [0.4, 0.5) is 5.82 Å². The maximum Gasteiger partial charge on any atom is 0.254 e. The zero-order chi connectivity index (χ0) is 15.0. The average Bonchev–Trinajstić information content (AvgIpc) is 2.93. The van der Waals surface area contributed by atoms with Crippen LogP contribution in [-0.2, 0) is 0 Å². The van der Waals surface area contributed by atoms with Crippen molar-refractivity contribution in [3.63, 3.8) is 0 Å². The zero-order valence-corrected chi connectivity index (χ0v) is 13.3. The van der Waals surface area contributed by atoms with Gasteiger partial charge in [0.1, 0.15) is 12.1 Å². The van der Waals surface area contributed by atoms with Crippen LogP contribution in [0.3, 0.4) is 0 Å². The summed E-state index contributed by atoms with van der Waals surface area (Å²) in [6.45, 7) is 8.88. The van der Waals surface area contributed by atoms with Gasteiger partial charge in [-0.2, -0.15) is 14.6 Å². The second kappa shape index (κ2) is 5.60. The molecular formula is C15H24N6. The molecule has 2 aromatic rings. The van der Waals surface area contributed by atoms with Crippen molar-refractivity contribution >= 4 is 11.6 Å². The molecule has 3 heterocycles. The molecule has 3 rings (SSSR count). The minimum atomic E-state index is 0.550. The SMILES string of the molecule is Cc1cc(N(C)C2CCN(C(C)C)CC2)n2ncnc2n1. The number of aryl methyl sites for hydroxylation is 1. The van der Waals surface area contributed by atoms with E-state index >= 15 is 0 Å². The summed E-state index contributed by atoms with van der Waals surface area (Å²) in [7, 11) is 2.16. The summed E-state index contributed by atoms with van der Waals surface area (Å²) in [5.74, 6) is 1.76. The number of hydrogen-bond donors (Lipinski definition) is 0. The number of anilines is 1. The lowest BCUT2D eigenvalue weighted by atomic mass is 10.0. The number of rotatable bonds is 3. The van der Waals surface area contributed by atoms with E-state index in [4.69, 9.17) is 0 Å². The summed E-state index contributed by atoms with van der Waals surface area (Å²) >= 11 is 0. The van der Waals surface area contributed by atoms with Gasteiger partial charge in [0.05, 0.1) is 0 Å². The van der Waals surface area contributed by atoms with Crippen LogP contribution >= 0.6 is 0 Å². The largest absolute Gasteiger partial charge is 0.356 e. The standard InChI is InChI=1S/C15H24N6/c1-11(2)20-7-5-13(6-8-20)19(4)14-9-12(3)18-15-16-10-17-21(14)15/h9-11,13H,5-8H2,1-4H3. The summed E-state index contributed by atoms with van der Waals surface area (Å²) in [6.07, 6.45) is 3.94. The van der Waals surface area contributed by atoms with Gasteiger partial charge in [0.25, 0.3) is 5.78 Å². The Kier molecular flexibility index (Phi) is 3.80. The van der Waals surface area contributed by atoms with E-state index in [0.29, 0.717) is 17.9 Å². The molecule has 1 aliphatic heterocycles. The summed E-state index contributed by atoms with van der Waals surface area (Å²) in [5.41, 5.74) is 0.983. The van der Waals surface area contributed by atoms with E-state index in [2.05, 4.69) is 51.8 Å². The molecule has 114 valence electrons. The molecule has 0 N–H and O–H groups in total. The Bertz CT molecular complexity index is 612. The summed E-state index contributed by atoms with van der Waals surface area (Å²) in [4.78, 5) is 13.5. The highest BCUT2D eigenvalue weighted by molar-refractivity contribution is 5.47. The van der Waals surface area contributed by atoms with E-state index in [1.54, 1.807) is 6.33 Å². The van der Waals surface area contributed by atoms with Crippen LogP contribution in [-0.4, -0.2) is 56.7 Å². The first-order valence-electron chi connectivity index (χ1n) is 7.70. The quantitative estimate of drug-likeness (QED) is 0.861. The maximum absolute atomic E-state index is 4.41. The van der Waals surface area contributed by atoms with E-state index in [1.165, 1.54) is 12.8 Å². The predicted molar refractivity (Wildman–Crippen MR) is 83.7 cm³/mol. The first-order chi connectivity index (χ1) is 10.1. The highest BCUT2D eigenvalue weighted by atomic mass is 15.4. The van der Waals surface area contributed by atoms with Gasteiger partial charge < -0.3 is 9.80 Å². The lowest BCUT2D eigenvalue weighted by Crippen LogP contribution is -2.46. The molecule has 2 aromatic heterocycles. The second-order valence-electron chi connectivity index (χ2n) is 6.20. The Morgan fingerprint density at radius 3 is 2.67 bits per heavy atom. The molecule has 6 nitrogen and oxygen atoms in total. The predicted octanol–water partition coefficient (Wildman–Crippen LogP) is 1.74. The Hall–Kier alpha value is -1.69. The Morgan fingerprint density at radius 1 is 1.29 bits per heavy atom. The third kappa shape index (κ3) is 2.72. The van der Waals surface area contributed by atoms with Crippen molar-refractivity contribution in [2.75, 3.05) is 25.0 Å². The molecule has 0 aromatic carbocycles. The molecule has 0 aliphatic carbocycles. The number of piperidine rings is 1. The van der Waals surface area contributed by atoms with Crippen molar-refractivity contribution in [1.29, 1.82) is 0 Å². The minimum absolute atomic E-state index is 0.550. The molecule has 0 saturated carbocycles. The van der Waals surface area contributed by atoms with Crippen LogP contribution < -0.4 is 4.90 Å². The van der Waals surface area contributed by atoms with Crippen LogP contribution in [0.25, 0.3) is 5.78 Å². The lowest BCUT2D eigenvalue weighted by Gasteiger charge is -2.39. The third-order valence-corrected chi connectivity index (χ3v) is 4.50. The molecule has 1 saturated heterocycles. The van der Waals surface area contributed by atoms with E-state index in [-0.39, 0.29) is 0 Å². The molecule has 6 heteroatoms. The molecular weight excluding hydrogens is 264 g/mol. The van der Waals surface area contributed by atoms with Crippen LogP contribution in [0.15, 0.2) is 12.4 Å². The third-order valence-electron chi connectivity index (χ3n) is 4.50. The van der Waals surface area contributed by atoms with Gasteiger partial charge in [-0.05, 0) is 33.6 Å². The number of fused-ring (bicyclic) bond motifs is 1. The Morgan fingerprint density at radius 2 is 2.00 bits per heavy atom. The molecule has 0 spiro atoms. The minimum Gasteiger partial charge on any atom is -0.356 e. The van der Waals surface area contributed by atoms with Gasteiger partial charge in [-0.1, -0.05) is 0 Å². The number of likely N-dealkylation sites (tertiary alicyclic amines) is 1. The fourth-order valence-electron chi connectivity index (χ4n) is 3.14. The van der Waals surface area contributed by atoms with Gasteiger partial charge in [0.15, 0.2) is 0 Å². The fraction of sp³-hybridized carbons (Fsp3) is 0.667. The Balaban J connectivity index is 1.81. The van der Waals surface area contributed by atoms with Crippen molar-refractivity contribution in [1.82, 2.24) is 24.5 Å². The monoisotopic (exact) mass is 288 g/mol. The number of hydrogen-bond acceptors (Lipinski definition) is 5. The van der Waals surface area contributed by atoms with Gasteiger partial charge in [-0.15, -0.1) is 0 Å². The zero-order valence-electron chi connectivity index (χ0n) is 13.3. The van der Waals surface area contributed by atoms with Crippen LogP contribution in [0.1, 0.15) is 32.4 Å². The summed E-state index contributed by atoms with van der Waals surface area (Å²) in [6, 6.07) is 3.28. The lowest BCUT2D eigenvalue weighted by molar-refractivity contribution is 0.171. The van der Waals surface area contributed by atoms with Gasteiger partial charge >= 0.3 is 0 Å². The van der Waals surface area contributed by atoms with Crippen molar-refractivity contribution in [2.24, 2.45) is 0 Å².